The van der Waals surface area contributed by atoms with Gasteiger partial charge in [0.25, 0.3) is 0 Å². The van der Waals surface area contributed by atoms with Crippen molar-refractivity contribution in [1.82, 2.24) is 9.88 Å². The van der Waals surface area contributed by atoms with E-state index in [1.54, 1.807) is 0 Å². The first kappa shape index (κ1) is 10.7. The van der Waals surface area contributed by atoms with E-state index in [1.165, 1.54) is 16.6 Å². The minimum atomic E-state index is 0.998. The van der Waals surface area contributed by atoms with E-state index in [0.29, 0.717) is 0 Å². The zero-order valence-corrected chi connectivity index (χ0v) is 10.2. The number of nitrogens with zero attached hydrogens (tertiary/aromatic N) is 2. The van der Waals surface area contributed by atoms with Gasteiger partial charge in [0.15, 0.2) is 0 Å². The van der Waals surface area contributed by atoms with Crippen LogP contribution in [0.15, 0.2) is 29.3 Å². The molecule has 0 unspecified atom stereocenters. The number of fused-ring (bicyclic) bond motifs is 1. The van der Waals surface area contributed by atoms with Gasteiger partial charge in [-0.15, -0.1) is 0 Å². The van der Waals surface area contributed by atoms with E-state index in [1.807, 2.05) is 32.0 Å². The Bertz CT molecular complexity index is 535. The highest BCUT2D eigenvalue weighted by molar-refractivity contribution is 5.86. The molecule has 3 nitrogen and oxygen atoms in total. The van der Waals surface area contributed by atoms with Gasteiger partial charge < -0.3 is 9.88 Å². The summed E-state index contributed by atoms with van der Waals surface area (Å²) in [7, 11) is 4.00. The third kappa shape index (κ3) is 2.08. The van der Waals surface area contributed by atoms with Crippen molar-refractivity contribution in [3.05, 3.63) is 30.0 Å². The van der Waals surface area contributed by atoms with Crippen LogP contribution in [0.25, 0.3) is 10.9 Å². The molecule has 0 fully saturated rings. The highest BCUT2D eigenvalue weighted by Gasteiger charge is 1.99. The molecule has 0 atom stereocenters. The number of hydrogen-bond donors (Lipinski definition) is 1. The number of aromatic nitrogens is 1. The summed E-state index contributed by atoms with van der Waals surface area (Å²) in [6, 6.07) is 8.35. The molecule has 0 saturated carbocycles. The lowest BCUT2D eigenvalue weighted by molar-refractivity contribution is 0.619. The molecule has 0 spiro atoms. The number of aromatic amines is 1. The fourth-order valence-corrected chi connectivity index (χ4v) is 1.62. The number of H-pyrrole nitrogens is 1. The fourth-order valence-electron chi connectivity index (χ4n) is 1.62. The van der Waals surface area contributed by atoms with Crippen LogP contribution < -0.4 is 0 Å². The van der Waals surface area contributed by atoms with E-state index in [-0.39, 0.29) is 0 Å². The molecule has 0 aliphatic heterocycles. The van der Waals surface area contributed by atoms with E-state index in [9.17, 15) is 0 Å². The molecule has 0 radical (unpaired) electrons. The van der Waals surface area contributed by atoms with Gasteiger partial charge in [0.05, 0.1) is 5.69 Å². The van der Waals surface area contributed by atoms with Crippen molar-refractivity contribution in [3.63, 3.8) is 0 Å². The number of aliphatic imine (C=N–C) groups is 1. The zero-order chi connectivity index (χ0) is 11.7. The molecule has 16 heavy (non-hydrogen) atoms. The Labute approximate surface area is 95.8 Å². The minimum Gasteiger partial charge on any atom is -0.366 e. The SMILES string of the molecule is CC(=Nc1ccc2[nH]c(C)cc2c1)N(C)C. The Morgan fingerprint density at radius 3 is 2.69 bits per heavy atom. The Kier molecular flexibility index (Phi) is 2.69. The summed E-state index contributed by atoms with van der Waals surface area (Å²) >= 11 is 0. The standard InChI is InChI=1S/C13H17N3/c1-9-7-11-8-12(5-6-13(11)14-9)15-10(2)16(3)4/h5-8,14H,1-4H3. The summed E-state index contributed by atoms with van der Waals surface area (Å²) in [6.07, 6.45) is 0. The first-order chi connectivity index (χ1) is 7.56. The Morgan fingerprint density at radius 2 is 2.00 bits per heavy atom. The van der Waals surface area contributed by atoms with E-state index >= 15 is 0 Å². The largest absolute Gasteiger partial charge is 0.366 e. The van der Waals surface area contributed by atoms with Gasteiger partial charge >= 0.3 is 0 Å². The monoisotopic (exact) mass is 215 g/mol. The van der Waals surface area contributed by atoms with Gasteiger partial charge in [-0.1, -0.05) is 0 Å². The first-order valence-electron chi connectivity index (χ1n) is 5.38. The lowest BCUT2D eigenvalue weighted by Crippen LogP contribution is -2.17. The molecule has 0 amide bonds. The Hall–Kier alpha value is -1.77. The van der Waals surface area contributed by atoms with Crippen LogP contribution in [-0.4, -0.2) is 29.8 Å². The van der Waals surface area contributed by atoms with Gasteiger partial charge in [0.1, 0.15) is 5.84 Å². The summed E-state index contributed by atoms with van der Waals surface area (Å²) in [5.74, 6) is 1.01. The maximum Gasteiger partial charge on any atom is 0.101 e. The van der Waals surface area contributed by atoms with Crippen LogP contribution in [0.1, 0.15) is 12.6 Å². The second-order valence-corrected chi connectivity index (χ2v) is 4.28. The topological polar surface area (TPSA) is 31.4 Å². The number of nitrogens with one attached hydrogen (secondary N) is 1. The Balaban J connectivity index is 2.43. The lowest BCUT2D eigenvalue weighted by atomic mass is 10.2. The van der Waals surface area contributed by atoms with Gasteiger partial charge in [-0.05, 0) is 38.1 Å². The van der Waals surface area contributed by atoms with Crippen LogP contribution in [0.5, 0.6) is 0 Å². The lowest BCUT2D eigenvalue weighted by Gasteiger charge is -2.10. The number of hydrogen-bond acceptors (Lipinski definition) is 1. The molecule has 3 heteroatoms. The maximum absolute atomic E-state index is 4.55. The average Bonchev–Trinajstić information content (AvgIpc) is 2.57. The second kappa shape index (κ2) is 4.00. The molecule has 2 aromatic rings. The van der Waals surface area contributed by atoms with Crippen LogP contribution in [0.4, 0.5) is 5.69 Å². The van der Waals surface area contributed by atoms with Crippen molar-refractivity contribution in [2.24, 2.45) is 4.99 Å². The summed E-state index contributed by atoms with van der Waals surface area (Å²) in [4.78, 5) is 9.86. The third-order valence-electron chi connectivity index (χ3n) is 2.68. The van der Waals surface area contributed by atoms with Gasteiger partial charge in [-0.2, -0.15) is 0 Å². The first-order valence-corrected chi connectivity index (χ1v) is 5.38. The van der Waals surface area contributed by atoms with Crippen LogP contribution >= 0.6 is 0 Å². The van der Waals surface area contributed by atoms with Gasteiger partial charge in [-0.3, -0.25) is 0 Å². The van der Waals surface area contributed by atoms with Crippen molar-refractivity contribution in [1.29, 1.82) is 0 Å². The molecule has 2 rings (SSSR count). The van der Waals surface area contributed by atoms with E-state index < -0.39 is 0 Å². The molecule has 0 saturated heterocycles. The Morgan fingerprint density at radius 1 is 1.25 bits per heavy atom. The highest BCUT2D eigenvalue weighted by atomic mass is 15.1. The molecule has 84 valence electrons. The number of amidine groups is 1. The molecule has 1 aromatic carbocycles. The minimum absolute atomic E-state index is 0.998. The van der Waals surface area contributed by atoms with Crippen LogP contribution in [0, 0.1) is 6.92 Å². The third-order valence-corrected chi connectivity index (χ3v) is 2.68. The molecule has 0 aliphatic rings. The van der Waals surface area contributed by atoms with Gasteiger partial charge in [0, 0.05) is 30.7 Å². The van der Waals surface area contributed by atoms with Crippen molar-refractivity contribution >= 4 is 22.4 Å². The predicted molar refractivity (Wildman–Crippen MR) is 69.5 cm³/mol. The van der Waals surface area contributed by atoms with Crippen molar-refractivity contribution in [2.45, 2.75) is 13.8 Å². The van der Waals surface area contributed by atoms with Crippen LogP contribution in [0.2, 0.25) is 0 Å². The average molecular weight is 215 g/mol. The molecule has 0 aliphatic carbocycles. The molecule has 0 bridgehead atoms. The number of rotatable bonds is 1. The van der Waals surface area contributed by atoms with Crippen LogP contribution in [-0.2, 0) is 0 Å². The summed E-state index contributed by atoms with van der Waals surface area (Å²) in [5, 5.41) is 1.21. The normalized spacial score (nSPS) is 12.1. The van der Waals surface area contributed by atoms with E-state index in [0.717, 1.165) is 11.5 Å². The second-order valence-electron chi connectivity index (χ2n) is 4.28. The van der Waals surface area contributed by atoms with Crippen LogP contribution in [0.3, 0.4) is 0 Å². The summed E-state index contributed by atoms with van der Waals surface area (Å²) in [6.45, 7) is 4.07. The molecular weight excluding hydrogens is 198 g/mol. The van der Waals surface area contributed by atoms with Gasteiger partial charge in [-0.25, -0.2) is 4.99 Å². The maximum atomic E-state index is 4.55. The van der Waals surface area contributed by atoms with E-state index in [2.05, 4.69) is 35.1 Å². The predicted octanol–water partition coefficient (Wildman–Crippen LogP) is 3.09. The molecule has 1 N–H and O–H groups in total. The number of aryl methyl sites for hydroxylation is 1. The summed E-state index contributed by atoms with van der Waals surface area (Å²) in [5.41, 5.74) is 3.34. The van der Waals surface area contributed by atoms with Crippen molar-refractivity contribution < 1.29 is 0 Å². The highest BCUT2D eigenvalue weighted by Crippen LogP contribution is 2.22. The molecular formula is C13H17N3. The number of benzene rings is 1. The zero-order valence-electron chi connectivity index (χ0n) is 10.2. The molecule has 1 aromatic heterocycles. The summed E-state index contributed by atoms with van der Waals surface area (Å²) < 4.78 is 0. The quantitative estimate of drug-likeness (QED) is 0.575. The fraction of sp³-hybridized carbons (Fsp3) is 0.308. The molecule has 1 heterocycles. The van der Waals surface area contributed by atoms with Gasteiger partial charge in [0.2, 0.25) is 0 Å². The van der Waals surface area contributed by atoms with Crippen molar-refractivity contribution in [3.8, 4) is 0 Å². The smallest absolute Gasteiger partial charge is 0.101 e. The van der Waals surface area contributed by atoms with E-state index in [4.69, 9.17) is 0 Å². The van der Waals surface area contributed by atoms with Crippen molar-refractivity contribution in [2.75, 3.05) is 14.1 Å².